The Morgan fingerprint density at radius 3 is 2.68 bits per heavy atom. The minimum absolute atomic E-state index is 0.229. The summed E-state index contributed by atoms with van der Waals surface area (Å²) in [6, 6.07) is 2.93. The number of nitrogens with one attached hydrogen (secondary N) is 2. The maximum absolute atomic E-state index is 11.5. The van der Waals surface area contributed by atoms with E-state index in [-0.39, 0.29) is 11.5 Å². The lowest BCUT2D eigenvalue weighted by Gasteiger charge is -2.31. The highest BCUT2D eigenvalue weighted by molar-refractivity contribution is 5.79. The van der Waals surface area contributed by atoms with Gasteiger partial charge in [-0.2, -0.15) is 0 Å². The number of carbonyl (C=O) groups excluding carboxylic acids is 1. The Hall–Kier alpha value is -2.31. The van der Waals surface area contributed by atoms with Crippen molar-refractivity contribution in [2.45, 2.75) is 25.7 Å². The number of aliphatic carboxylic acids is 1. The molecule has 1 aromatic rings. The standard InChI is InChI=1S/C15H21N3O4/c1-18(8-10-2-4-11(5-3-10)15(21)22)14-12(16-9-19)6-7-13(20)17-14/h6-7,9-11H,2-5,8H2,1H3,(H,16,19)(H,17,20)(H,21,22). The number of carboxylic acids is 1. The predicted molar refractivity (Wildman–Crippen MR) is 83.1 cm³/mol. The van der Waals surface area contributed by atoms with Crippen molar-refractivity contribution in [3.05, 3.63) is 22.5 Å². The van der Waals surface area contributed by atoms with Gasteiger partial charge in [-0.15, -0.1) is 0 Å². The summed E-state index contributed by atoms with van der Waals surface area (Å²) in [6.45, 7) is 0.708. The summed E-state index contributed by atoms with van der Waals surface area (Å²) in [5, 5.41) is 11.6. The summed E-state index contributed by atoms with van der Waals surface area (Å²) in [5.41, 5.74) is 0.323. The third-order valence-electron chi connectivity index (χ3n) is 4.22. The van der Waals surface area contributed by atoms with Gasteiger partial charge in [-0.25, -0.2) is 0 Å². The maximum atomic E-state index is 11.5. The molecule has 0 aromatic carbocycles. The highest BCUT2D eigenvalue weighted by atomic mass is 16.4. The number of amides is 1. The first-order valence-electron chi connectivity index (χ1n) is 7.38. The number of hydrogen-bond acceptors (Lipinski definition) is 4. The van der Waals surface area contributed by atoms with E-state index in [1.807, 2.05) is 11.9 Å². The molecule has 0 aliphatic heterocycles. The lowest BCUT2D eigenvalue weighted by atomic mass is 9.82. The Balaban J connectivity index is 2.02. The van der Waals surface area contributed by atoms with Crippen LogP contribution >= 0.6 is 0 Å². The number of carbonyl (C=O) groups is 2. The molecule has 7 nitrogen and oxygen atoms in total. The maximum Gasteiger partial charge on any atom is 0.306 e. The second-order valence-corrected chi connectivity index (χ2v) is 5.78. The Kier molecular flexibility index (Phi) is 5.19. The minimum Gasteiger partial charge on any atom is -0.481 e. The first kappa shape index (κ1) is 16.1. The van der Waals surface area contributed by atoms with Crippen LogP contribution in [0.1, 0.15) is 25.7 Å². The molecule has 0 spiro atoms. The molecule has 0 atom stereocenters. The number of aromatic nitrogens is 1. The van der Waals surface area contributed by atoms with Crippen LogP contribution in [0, 0.1) is 11.8 Å². The average Bonchev–Trinajstić information content (AvgIpc) is 2.49. The van der Waals surface area contributed by atoms with E-state index in [2.05, 4.69) is 10.3 Å². The van der Waals surface area contributed by atoms with Gasteiger partial charge in [-0.3, -0.25) is 14.4 Å². The Labute approximate surface area is 128 Å². The highest BCUT2D eigenvalue weighted by Gasteiger charge is 2.26. The van der Waals surface area contributed by atoms with E-state index in [1.165, 1.54) is 6.07 Å². The quantitative estimate of drug-likeness (QED) is 0.687. The molecule has 0 saturated heterocycles. The summed E-state index contributed by atoms with van der Waals surface area (Å²) < 4.78 is 0. The second kappa shape index (κ2) is 7.11. The largest absolute Gasteiger partial charge is 0.481 e. The van der Waals surface area contributed by atoms with Crippen LogP contribution in [0.4, 0.5) is 11.5 Å². The normalized spacial score (nSPS) is 21.1. The van der Waals surface area contributed by atoms with E-state index in [0.29, 0.717) is 43.2 Å². The molecule has 0 unspecified atom stereocenters. The van der Waals surface area contributed by atoms with Gasteiger partial charge < -0.3 is 20.3 Å². The van der Waals surface area contributed by atoms with Crippen LogP contribution in [0.25, 0.3) is 0 Å². The average molecular weight is 307 g/mol. The minimum atomic E-state index is -0.711. The highest BCUT2D eigenvalue weighted by Crippen LogP contribution is 2.30. The van der Waals surface area contributed by atoms with Crippen molar-refractivity contribution in [2.24, 2.45) is 11.8 Å². The molecule has 7 heteroatoms. The fourth-order valence-corrected chi connectivity index (χ4v) is 3.02. The topological polar surface area (TPSA) is 102 Å². The van der Waals surface area contributed by atoms with Gasteiger partial charge in [0.25, 0.3) is 0 Å². The van der Waals surface area contributed by atoms with Gasteiger partial charge in [0.15, 0.2) is 0 Å². The van der Waals surface area contributed by atoms with Crippen molar-refractivity contribution in [1.82, 2.24) is 4.98 Å². The zero-order valence-corrected chi connectivity index (χ0v) is 12.5. The summed E-state index contributed by atoms with van der Waals surface area (Å²) in [5.74, 6) is 0.00962. The molecule has 1 aliphatic rings. The van der Waals surface area contributed by atoms with E-state index in [1.54, 1.807) is 6.07 Å². The molecule has 0 bridgehead atoms. The number of carboxylic acid groups (broad SMARTS) is 1. The van der Waals surface area contributed by atoms with Crippen molar-refractivity contribution >= 4 is 23.9 Å². The number of pyridine rings is 1. The molecule has 1 aromatic heterocycles. The van der Waals surface area contributed by atoms with Crippen molar-refractivity contribution in [1.29, 1.82) is 0 Å². The van der Waals surface area contributed by atoms with Crippen molar-refractivity contribution in [2.75, 3.05) is 23.8 Å². The van der Waals surface area contributed by atoms with Gasteiger partial charge in [0, 0.05) is 19.7 Å². The van der Waals surface area contributed by atoms with Crippen LogP contribution in [0.2, 0.25) is 0 Å². The van der Waals surface area contributed by atoms with Crippen LogP contribution in [-0.2, 0) is 9.59 Å². The number of hydrogen-bond donors (Lipinski definition) is 3. The van der Waals surface area contributed by atoms with Crippen LogP contribution in [0.15, 0.2) is 16.9 Å². The van der Waals surface area contributed by atoms with Gasteiger partial charge in [-0.05, 0) is 37.7 Å². The molecule has 2 rings (SSSR count). The van der Waals surface area contributed by atoms with Gasteiger partial charge in [0.1, 0.15) is 5.82 Å². The van der Waals surface area contributed by atoms with E-state index < -0.39 is 5.97 Å². The predicted octanol–water partition coefficient (Wildman–Crippen LogP) is 1.27. The Morgan fingerprint density at radius 1 is 1.41 bits per heavy atom. The summed E-state index contributed by atoms with van der Waals surface area (Å²) in [7, 11) is 1.85. The molecule has 22 heavy (non-hydrogen) atoms. The molecule has 1 fully saturated rings. The van der Waals surface area contributed by atoms with Gasteiger partial charge in [0.05, 0.1) is 11.6 Å². The molecule has 1 heterocycles. The molecular formula is C15H21N3O4. The van der Waals surface area contributed by atoms with Crippen LogP contribution in [0.5, 0.6) is 0 Å². The molecule has 0 radical (unpaired) electrons. The third-order valence-corrected chi connectivity index (χ3v) is 4.22. The van der Waals surface area contributed by atoms with Crippen LogP contribution in [-0.4, -0.2) is 36.1 Å². The molecule has 120 valence electrons. The van der Waals surface area contributed by atoms with Crippen molar-refractivity contribution in [3.63, 3.8) is 0 Å². The number of aromatic amines is 1. The third kappa shape index (κ3) is 3.87. The van der Waals surface area contributed by atoms with Gasteiger partial charge in [-0.1, -0.05) is 0 Å². The second-order valence-electron chi connectivity index (χ2n) is 5.78. The summed E-state index contributed by atoms with van der Waals surface area (Å²) >= 11 is 0. The molecule has 1 amide bonds. The lowest BCUT2D eigenvalue weighted by molar-refractivity contribution is -0.143. The van der Waals surface area contributed by atoms with E-state index >= 15 is 0 Å². The molecular weight excluding hydrogens is 286 g/mol. The van der Waals surface area contributed by atoms with Gasteiger partial charge >= 0.3 is 5.97 Å². The first-order chi connectivity index (χ1) is 10.5. The monoisotopic (exact) mass is 307 g/mol. The lowest BCUT2D eigenvalue weighted by Crippen LogP contribution is -2.31. The fourth-order valence-electron chi connectivity index (χ4n) is 3.02. The van der Waals surface area contributed by atoms with Crippen LogP contribution < -0.4 is 15.8 Å². The summed E-state index contributed by atoms with van der Waals surface area (Å²) in [4.78, 5) is 37.7. The molecule has 1 aliphatic carbocycles. The number of anilines is 2. The fraction of sp³-hybridized carbons (Fsp3) is 0.533. The zero-order valence-electron chi connectivity index (χ0n) is 12.5. The van der Waals surface area contributed by atoms with Crippen LogP contribution in [0.3, 0.4) is 0 Å². The van der Waals surface area contributed by atoms with E-state index in [0.717, 1.165) is 12.8 Å². The first-order valence-corrected chi connectivity index (χ1v) is 7.38. The van der Waals surface area contributed by atoms with E-state index in [4.69, 9.17) is 5.11 Å². The summed E-state index contributed by atoms with van der Waals surface area (Å²) in [6.07, 6.45) is 3.67. The Bertz CT molecular complexity index is 591. The number of rotatable bonds is 6. The molecule has 1 saturated carbocycles. The number of nitrogens with zero attached hydrogens (tertiary/aromatic N) is 1. The van der Waals surface area contributed by atoms with Gasteiger partial charge in [0.2, 0.25) is 12.0 Å². The molecule has 3 N–H and O–H groups in total. The smallest absolute Gasteiger partial charge is 0.306 e. The zero-order chi connectivity index (χ0) is 16.1. The van der Waals surface area contributed by atoms with E-state index in [9.17, 15) is 14.4 Å². The number of H-pyrrole nitrogens is 1. The Morgan fingerprint density at radius 2 is 2.09 bits per heavy atom. The van der Waals surface area contributed by atoms with Crippen molar-refractivity contribution in [3.8, 4) is 0 Å². The SMILES string of the molecule is CN(CC1CCC(C(=O)O)CC1)c1[nH]c(=O)ccc1NC=O. The van der Waals surface area contributed by atoms with Crippen molar-refractivity contribution < 1.29 is 14.7 Å².